The smallest absolute Gasteiger partial charge is 0.354 e. The Morgan fingerprint density at radius 3 is 2.62 bits per heavy atom. The Bertz CT molecular complexity index is 828. The van der Waals surface area contributed by atoms with Gasteiger partial charge in [-0.1, -0.05) is 18.2 Å². The number of amides is 1. The van der Waals surface area contributed by atoms with Crippen LogP contribution in [0.2, 0.25) is 0 Å². The highest BCUT2D eigenvalue weighted by molar-refractivity contribution is 5.95. The first-order chi connectivity index (χ1) is 14.1. The molecule has 1 amide bonds. The van der Waals surface area contributed by atoms with Crippen molar-refractivity contribution < 1.29 is 14.5 Å². The second kappa shape index (κ2) is 10.3. The van der Waals surface area contributed by atoms with E-state index < -0.39 is 10.8 Å². The van der Waals surface area contributed by atoms with Gasteiger partial charge in [-0.05, 0) is 25.1 Å². The standard InChI is InChI=1S/C18H23N7O4/c26-18(14-5-2-1-3-6-14)23-22-17-15(25(27)28)16(20-13-21-17)19-7-4-8-24-9-11-29-12-10-24/h1-3,5-6,13H,4,7-12H2,(H,23,26)(H2,19,20,21,22). The van der Waals surface area contributed by atoms with Gasteiger partial charge in [-0.15, -0.1) is 0 Å². The van der Waals surface area contributed by atoms with E-state index in [1.54, 1.807) is 30.3 Å². The van der Waals surface area contributed by atoms with Gasteiger partial charge in [0.05, 0.1) is 18.1 Å². The maximum Gasteiger partial charge on any atom is 0.354 e. The number of nitro groups is 1. The van der Waals surface area contributed by atoms with Crippen LogP contribution in [0.1, 0.15) is 16.8 Å². The average Bonchev–Trinajstić information content (AvgIpc) is 2.76. The predicted molar refractivity (Wildman–Crippen MR) is 107 cm³/mol. The molecule has 1 aliphatic rings. The van der Waals surface area contributed by atoms with Crippen LogP contribution in [0, 0.1) is 10.1 Å². The van der Waals surface area contributed by atoms with Gasteiger partial charge >= 0.3 is 5.69 Å². The van der Waals surface area contributed by atoms with Crippen molar-refractivity contribution in [1.29, 1.82) is 0 Å². The Hall–Kier alpha value is -3.31. The topological polar surface area (TPSA) is 135 Å². The molecular weight excluding hydrogens is 378 g/mol. The minimum atomic E-state index is -0.582. The largest absolute Gasteiger partial charge is 0.379 e. The number of morpholine rings is 1. The molecule has 2 heterocycles. The molecule has 0 saturated carbocycles. The lowest BCUT2D eigenvalue weighted by Crippen LogP contribution is -2.37. The zero-order valence-corrected chi connectivity index (χ0v) is 15.8. The van der Waals surface area contributed by atoms with Gasteiger partial charge in [0.15, 0.2) is 0 Å². The number of hydrogen-bond donors (Lipinski definition) is 3. The molecule has 3 N–H and O–H groups in total. The number of hydrazine groups is 1. The van der Waals surface area contributed by atoms with Gasteiger partial charge < -0.3 is 10.1 Å². The van der Waals surface area contributed by atoms with E-state index in [0.717, 1.165) is 39.3 Å². The molecule has 0 spiro atoms. The maximum absolute atomic E-state index is 12.1. The molecular formula is C18H23N7O4. The third-order valence-electron chi connectivity index (χ3n) is 4.38. The number of carbonyl (C=O) groups is 1. The fraction of sp³-hybridized carbons (Fsp3) is 0.389. The van der Waals surface area contributed by atoms with E-state index in [0.29, 0.717) is 12.1 Å². The molecule has 1 aliphatic heterocycles. The van der Waals surface area contributed by atoms with Crippen LogP contribution in [-0.2, 0) is 4.74 Å². The normalized spacial score (nSPS) is 14.2. The quantitative estimate of drug-likeness (QED) is 0.322. The molecule has 1 saturated heterocycles. The first-order valence-corrected chi connectivity index (χ1v) is 9.30. The molecule has 154 valence electrons. The molecule has 0 unspecified atom stereocenters. The summed E-state index contributed by atoms with van der Waals surface area (Å²) in [5.74, 6) is -0.424. The Morgan fingerprint density at radius 2 is 1.90 bits per heavy atom. The molecule has 11 heteroatoms. The summed E-state index contributed by atoms with van der Waals surface area (Å²) in [6.45, 7) is 4.63. The summed E-state index contributed by atoms with van der Waals surface area (Å²) in [5.41, 5.74) is 5.03. The van der Waals surface area contributed by atoms with Crippen LogP contribution in [0.15, 0.2) is 36.7 Å². The lowest BCUT2D eigenvalue weighted by Gasteiger charge is -2.26. The Kier molecular flexibility index (Phi) is 7.25. The predicted octanol–water partition coefficient (Wildman–Crippen LogP) is 1.28. The first-order valence-electron chi connectivity index (χ1n) is 9.30. The van der Waals surface area contributed by atoms with Gasteiger partial charge in [0.1, 0.15) is 6.33 Å². The van der Waals surface area contributed by atoms with Crippen LogP contribution in [0.4, 0.5) is 17.3 Å². The minimum absolute atomic E-state index is 0.0926. The summed E-state index contributed by atoms with van der Waals surface area (Å²) in [5, 5.41) is 14.5. The third kappa shape index (κ3) is 5.83. The number of ether oxygens (including phenoxy) is 1. The number of nitrogens with one attached hydrogen (secondary N) is 3. The van der Waals surface area contributed by atoms with Crippen LogP contribution in [0.5, 0.6) is 0 Å². The van der Waals surface area contributed by atoms with Crippen molar-refractivity contribution in [1.82, 2.24) is 20.3 Å². The van der Waals surface area contributed by atoms with Gasteiger partial charge in [0.25, 0.3) is 5.91 Å². The van der Waals surface area contributed by atoms with Crippen molar-refractivity contribution in [2.24, 2.45) is 0 Å². The molecule has 11 nitrogen and oxygen atoms in total. The van der Waals surface area contributed by atoms with E-state index in [9.17, 15) is 14.9 Å². The molecule has 2 aromatic rings. The van der Waals surface area contributed by atoms with Crippen molar-refractivity contribution in [2.75, 3.05) is 50.1 Å². The molecule has 0 atom stereocenters. The van der Waals surface area contributed by atoms with Crippen molar-refractivity contribution in [3.63, 3.8) is 0 Å². The summed E-state index contributed by atoms with van der Waals surface area (Å²) in [7, 11) is 0. The lowest BCUT2D eigenvalue weighted by atomic mass is 10.2. The van der Waals surface area contributed by atoms with E-state index in [4.69, 9.17) is 4.74 Å². The number of benzene rings is 1. The summed E-state index contributed by atoms with van der Waals surface area (Å²) < 4.78 is 5.31. The van der Waals surface area contributed by atoms with E-state index in [2.05, 4.69) is 31.0 Å². The Labute approximate surface area is 167 Å². The molecule has 1 aromatic heterocycles. The van der Waals surface area contributed by atoms with E-state index >= 15 is 0 Å². The summed E-state index contributed by atoms with van der Waals surface area (Å²) in [6.07, 6.45) is 2.00. The SMILES string of the molecule is O=C(NNc1ncnc(NCCCN2CCOCC2)c1[N+](=O)[O-])c1ccccc1. The number of aromatic nitrogens is 2. The second-order valence-electron chi connectivity index (χ2n) is 6.36. The molecule has 0 radical (unpaired) electrons. The summed E-state index contributed by atoms with van der Waals surface area (Å²) in [4.78, 5) is 33.2. The highest BCUT2D eigenvalue weighted by Crippen LogP contribution is 2.28. The first kappa shape index (κ1) is 20.4. The number of carbonyl (C=O) groups excluding carboxylic acids is 1. The van der Waals surface area contributed by atoms with E-state index in [-0.39, 0.29) is 17.3 Å². The monoisotopic (exact) mass is 401 g/mol. The van der Waals surface area contributed by atoms with Crippen LogP contribution in [0.3, 0.4) is 0 Å². The minimum Gasteiger partial charge on any atom is -0.379 e. The molecule has 0 bridgehead atoms. The van der Waals surface area contributed by atoms with Crippen LogP contribution < -0.4 is 16.2 Å². The maximum atomic E-state index is 12.1. The highest BCUT2D eigenvalue weighted by atomic mass is 16.6. The second-order valence-corrected chi connectivity index (χ2v) is 6.36. The number of anilines is 2. The molecule has 1 fully saturated rings. The Morgan fingerprint density at radius 1 is 1.17 bits per heavy atom. The van der Waals surface area contributed by atoms with Gasteiger partial charge in [0.2, 0.25) is 11.6 Å². The number of hydrogen-bond acceptors (Lipinski definition) is 9. The van der Waals surface area contributed by atoms with Gasteiger partial charge in [-0.3, -0.25) is 30.7 Å². The van der Waals surface area contributed by atoms with E-state index in [1.165, 1.54) is 6.33 Å². The van der Waals surface area contributed by atoms with E-state index in [1.807, 2.05) is 0 Å². The number of nitrogens with zero attached hydrogens (tertiary/aromatic N) is 4. The average molecular weight is 401 g/mol. The molecule has 0 aliphatic carbocycles. The van der Waals surface area contributed by atoms with Gasteiger partial charge in [-0.25, -0.2) is 9.97 Å². The van der Waals surface area contributed by atoms with Crippen LogP contribution >= 0.6 is 0 Å². The van der Waals surface area contributed by atoms with Crippen molar-refractivity contribution in [3.8, 4) is 0 Å². The zero-order valence-electron chi connectivity index (χ0n) is 15.8. The number of rotatable bonds is 9. The third-order valence-corrected chi connectivity index (χ3v) is 4.38. The van der Waals surface area contributed by atoms with Gasteiger partial charge in [-0.2, -0.15) is 0 Å². The molecule has 1 aromatic carbocycles. The van der Waals surface area contributed by atoms with Crippen LogP contribution in [0.25, 0.3) is 0 Å². The Balaban J connectivity index is 1.58. The fourth-order valence-electron chi connectivity index (χ4n) is 2.88. The van der Waals surface area contributed by atoms with Crippen molar-refractivity contribution >= 4 is 23.2 Å². The molecule has 3 rings (SSSR count). The molecule has 29 heavy (non-hydrogen) atoms. The summed E-state index contributed by atoms with van der Waals surface area (Å²) >= 11 is 0. The highest BCUT2D eigenvalue weighted by Gasteiger charge is 2.23. The van der Waals surface area contributed by atoms with Crippen molar-refractivity contribution in [3.05, 3.63) is 52.3 Å². The van der Waals surface area contributed by atoms with Crippen LogP contribution in [-0.4, -0.2) is 65.1 Å². The fourth-order valence-corrected chi connectivity index (χ4v) is 2.88. The van der Waals surface area contributed by atoms with Gasteiger partial charge in [0, 0.05) is 25.2 Å². The lowest BCUT2D eigenvalue weighted by molar-refractivity contribution is -0.383. The van der Waals surface area contributed by atoms with Crippen molar-refractivity contribution in [2.45, 2.75) is 6.42 Å². The zero-order chi connectivity index (χ0) is 20.5. The summed E-state index contributed by atoms with van der Waals surface area (Å²) in [6, 6.07) is 8.50.